The minimum absolute atomic E-state index is 0.647. The van der Waals surface area contributed by atoms with E-state index in [1.54, 1.807) is 0 Å². The van der Waals surface area contributed by atoms with Gasteiger partial charge < -0.3 is 0 Å². The molecule has 0 aliphatic rings. The summed E-state index contributed by atoms with van der Waals surface area (Å²) in [6.07, 6.45) is 2.51. The Bertz CT molecular complexity index is 37.1. The van der Waals surface area contributed by atoms with Crippen LogP contribution < -0.4 is 0 Å². The van der Waals surface area contributed by atoms with E-state index in [0.29, 0.717) is 0 Å². The standard InChI is InChI=1S/C5H13Si/c1-3-4-5-6-2/h6H,3-5H2,1-2H3/i6D. The van der Waals surface area contributed by atoms with Crippen LogP contribution in [0.2, 0.25) is 12.6 Å². The highest BCUT2D eigenvalue weighted by Crippen LogP contribution is 1.90. The van der Waals surface area contributed by atoms with Crippen molar-refractivity contribution in [1.29, 1.82) is 1.23 Å². The molecule has 6 heavy (non-hydrogen) atoms. The maximum Gasteiger partial charge on any atom is 0.0246 e. The van der Waals surface area contributed by atoms with Gasteiger partial charge in [0.2, 0.25) is 0 Å². The van der Waals surface area contributed by atoms with Crippen molar-refractivity contribution >= 4 is 9.45 Å². The average Bonchev–Trinajstić information content (AvgIpc) is 1.61. The predicted octanol–water partition coefficient (Wildman–Crippen LogP) is 1.69. The monoisotopic (exact) mass is 102 g/mol. The first-order valence-corrected chi connectivity index (χ1v) is 4.27. The average molecular weight is 102 g/mol. The van der Waals surface area contributed by atoms with Crippen LogP contribution >= 0.6 is 0 Å². The second-order valence-corrected chi connectivity index (χ2v) is 2.66. The Morgan fingerprint density at radius 2 is 2.50 bits per heavy atom. The van der Waals surface area contributed by atoms with E-state index in [1.165, 1.54) is 18.9 Å². The van der Waals surface area contributed by atoms with Gasteiger partial charge in [-0.1, -0.05) is 32.4 Å². The minimum Gasteiger partial charge on any atom is -0.0741 e. The highest BCUT2D eigenvalue weighted by atomic mass is 28.2. The summed E-state index contributed by atoms with van der Waals surface area (Å²) in [6.45, 7) is 4.21. The largest absolute Gasteiger partial charge is 0.0741 e. The molecule has 0 saturated carbocycles. The number of rotatable bonds is 3. The quantitative estimate of drug-likeness (QED) is 0.476. The molecule has 0 aromatic heterocycles. The van der Waals surface area contributed by atoms with Crippen LogP contribution in [0.5, 0.6) is 0 Å². The van der Waals surface area contributed by atoms with Gasteiger partial charge >= 0.3 is 0 Å². The van der Waals surface area contributed by atoms with Crippen LogP contribution in [0.25, 0.3) is 0 Å². The van der Waals surface area contributed by atoms with E-state index >= 15 is 0 Å². The molecule has 0 amide bonds. The fourth-order valence-corrected chi connectivity index (χ4v) is 1.06. The summed E-state index contributed by atoms with van der Waals surface area (Å²) in [5, 5.41) is 0. The van der Waals surface area contributed by atoms with Crippen molar-refractivity contribution < 1.29 is 0 Å². The smallest absolute Gasteiger partial charge is 0.0246 e. The Hall–Kier alpha value is 0.217. The molecular weight excluding hydrogens is 88.1 g/mol. The molecule has 0 N–H and O–H groups in total. The molecule has 0 aliphatic carbocycles. The maximum absolute atomic E-state index is 7.18. The van der Waals surface area contributed by atoms with E-state index in [2.05, 4.69) is 6.92 Å². The lowest BCUT2D eigenvalue weighted by Gasteiger charge is -1.85. The second kappa shape index (κ2) is 5.22. The summed E-state index contributed by atoms with van der Waals surface area (Å²) in [6, 6.07) is 1.17. The third-order valence-corrected chi connectivity index (χ3v) is 1.63. The SMILES string of the molecule is [2H][Si](C)CCCC. The molecule has 0 rings (SSSR count). The molecule has 1 radical (unpaired) electrons. The lowest BCUT2D eigenvalue weighted by molar-refractivity contribution is 0.880. The predicted molar refractivity (Wildman–Crippen MR) is 32.7 cm³/mol. The molecule has 0 bridgehead atoms. The number of hydrogen-bond donors (Lipinski definition) is 0. The van der Waals surface area contributed by atoms with Crippen molar-refractivity contribution in [2.75, 3.05) is 0 Å². The Morgan fingerprint density at radius 3 is 2.67 bits per heavy atom. The molecule has 0 atom stereocenters. The van der Waals surface area contributed by atoms with Crippen molar-refractivity contribution in [2.45, 2.75) is 32.4 Å². The zero-order valence-corrected chi connectivity index (χ0v) is 5.62. The molecule has 0 aromatic carbocycles. The number of unbranched alkanes of at least 4 members (excludes halogenated alkanes) is 1. The van der Waals surface area contributed by atoms with Gasteiger partial charge in [0, 0.05) is 10.7 Å². The summed E-state index contributed by atoms with van der Waals surface area (Å²) in [5.41, 5.74) is 0. The van der Waals surface area contributed by atoms with Crippen molar-refractivity contribution in [3.8, 4) is 0 Å². The first-order chi connectivity index (χ1) is 3.27. The van der Waals surface area contributed by atoms with Crippen molar-refractivity contribution in [3.63, 3.8) is 0 Å². The molecule has 0 nitrogen and oxygen atoms in total. The van der Waals surface area contributed by atoms with Crippen molar-refractivity contribution in [3.05, 3.63) is 0 Å². The third-order valence-electron chi connectivity index (χ3n) is 0.780. The molecule has 1 heteroatoms. The zero-order valence-electron chi connectivity index (χ0n) is 5.62. The molecule has 0 aromatic rings. The third kappa shape index (κ3) is 4.22. The van der Waals surface area contributed by atoms with Gasteiger partial charge in [0.1, 0.15) is 0 Å². The molecule has 0 spiro atoms. The normalized spacial score (nSPS) is 12.2. The first-order valence-electron chi connectivity index (χ1n) is 3.06. The van der Waals surface area contributed by atoms with Crippen molar-refractivity contribution in [2.24, 2.45) is 0 Å². The molecule has 37 valence electrons. The first kappa shape index (κ1) is 4.38. The molecule has 0 fully saturated rings. The van der Waals surface area contributed by atoms with E-state index in [9.17, 15) is 0 Å². The Labute approximate surface area is 44.0 Å². The highest BCUT2D eigenvalue weighted by Gasteiger charge is 1.76. The zero-order chi connectivity index (χ0) is 5.70. The molecule has 0 heterocycles. The van der Waals surface area contributed by atoms with Crippen LogP contribution in [-0.2, 0) is 0 Å². The van der Waals surface area contributed by atoms with E-state index in [1.807, 2.05) is 6.55 Å². The van der Waals surface area contributed by atoms with Crippen LogP contribution in [0.4, 0.5) is 0 Å². The van der Waals surface area contributed by atoms with Gasteiger partial charge in [0.15, 0.2) is 0 Å². The van der Waals surface area contributed by atoms with Crippen LogP contribution in [0.15, 0.2) is 0 Å². The molecule has 0 unspecified atom stereocenters. The van der Waals surface area contributed by atoms with E-state index in [0.717, 1.165) is 0 Å². The summed E-state index contributed by atoms with van der Waals surface area (Å²) >= 11 is 0. The molecule has 0 aliphatic heterocycles. The lowest BCUT2D eigenvalue weighted by Crippen LogP contribution is -1.76. The van der Waals surface area contributed by atoms with E-state index < -0.39 is 9.45 Å². The summed E-state index contributed by atoms with van der Waals surface area (Å²) in [5.74, 6) is 0. The summed E-state index contributed by atoms with van der Waals surface area (Å²) < 4.78 is 7.18. The number of hydrogen-bond acceptors (Lipinski definition) is 0. The van der Waals surface area contributed by atoms with Crippen LogP contribution in [0.1, 0.15) is 19.8 Å². The second-order valence-electron chi connectivity index (χ2n) is 1.46. The van der Waals surface area contributed by atoms with Gasteiger partial charge in [-0.2, -0.15) is 0 Å². The Kier molecular flexibility index (Phi) is 3.81. The Morgan fingerprint density at radius 1 is 1.83 bits per heavy atom. The molecular formula is C5H13Si. The van der Waals surface area contributed by atoms with Crippen LogP contribution in [0.3, 0.4) is 0 Å². The highest BCUT2D eigenvalue weighted by molar-refractivity contribution is 6.33. The summed E-state index contributed by atoms with van der Waals surface area (Å²) in [7, 11) is -0.647. The van der Waals surface area contributed by atoms with E-state index in [4.69, 9.17) is 1.23 Å². The van der Waals surface area contributed by atoms with Gasteiger partial charge in [-0.3, -0.25) is 0 Å². The van der Waals surface area contributed by atoms with Gasteiger partial charge in [0.05, 0.1) is 0 Å². The van der Waals surface area contributed by atoms with Gasteiger partial charge in [-0.25, -0.2) is 0 Å². The van der Waals surface area contributed by atoms with Crippen LogP contribution in [0, 0.1) is 0 Å². The lowest BCUT2D eigenvalue weighted by atomic mass is 10.4. The van der Waals surface area contributed by atoms with Gasteiger partial charge in [-0.15, -0.1) is 0 Å². The minimum atomic E-state index is -0.647. The van der Waals surface area contributed by atoms with Crippen molar-refractivity contribution in [1.82, 2.24) is 0 Å². The topological polar surface area (TPSA) is 0 Å². The van der Waals surface area contributed by atoms with Crippen LogP contribution in [-0.4, -0.2) is 10.7 Å². The van der Waals surface area contributed by atoms with Gasteiger partial charge in [-0.05, 0) is 0 Å². The fraction of sp³-hybridized carbons (Fsp3) is 1.00. The fourth-order valence-electron chi connectivity index (χ4n) is 0.354. The summed E-state index contributed by atoms with van der Waals surface area (Å²) in [4.78, 5) is 0. The van der Waals surface area contributed by atoms with E-state index in [-0.39, 0.29) is 0 Å². The maximum atomic E-state index is 7.18. The Balaban J connectivity index is 2.68. The molecule has 0 saturated heterocycles. The van der Waals surface area contributed by atoms with Gasteiger partial charge in [0.25, 0.3) is 0 Å².